The molecule has 0 aliphatic carbocycles. The van der Waals surface area contributed by atoms with Crippen LogP contribution >= 0.6 is 0 Å². The number of nitrogens with zero attached hydrogens (tertiary/aromatic N) is 2. The van der Waals surface area contributed by atoms with Crippen molar-refractivity contribution in [2.75, 3.05) is 0 Å². The third kappa shape index (κ3) is 3.44. The molecule has 2 nitrogen and oxygen atoms in total. The molecule has 0 heterocycles. The lowest BCUT2D eigenvalue weighted by molar-refractivity contribution is 0.393. The number of hydrogen-bond acceptors (Lipinski definition) is 2. The first kappa shape index (κ1) is 10.5. The Bertz CT molecular complexity index is 310. The summed E-state index contributed by atoms with van der Waals surface area (Å²) in [4.78, 5) is 0. The topological polar surface area (TPSA) is 15.6 Å². The van der Waals surface area contributed by atoms with Crippen molar-refractivity contribution in [1.29, 1.82) is 0 Å². The zero-order valence-electron chi connectivity index (χ0n) is 8.77. The highest BCUT2D eigenvalue weighted by molar-refractivity contribution is 5.78. The first-order valence-corrected chi connectivity index (χ1v) is 4.67. The predicted molar refractivity (Wildman–Crippen MR) is 61.0 cm³/mol. The second-order valence-electron chi connectivity index (χ2n) is 3.31. The van der Waals surface area contributed by atoms with E-state index in [2.05, 4.69) is 23.8 Å². The average molecular weight is 188 g/mol. The Balaban J connectivity index is 2.67. The lowest BCUT2D eigenvalue weighted by atomic mass is 10.2. The van der Waals surface area contributed by atoms with Crippen LogP contribution in [-0.2, 0) is 6.54 Å². The molecule has 0 atom stereocenters. The van der Waals surface area contributed by atoms with Crippen LogP contribution in [0.15, 0.2) is 48.2 Å². The minimum atomic E-state index is 0.773. The van der Waals surface area contributed by atoms with E-state index in [-0.39, 0.29) is 0 Å². The van der Waals surface area contributed by atoms with Gasteiger partial charge in [0.05, 0.1) is 6.54 Å². The van der Waals surface area contributed by atoms with Crippen LogP contribution in [0.25, 0.3) is 0 Å². The number of rotatable bonds is 4. The highest BCUT2D eigenvalue weighted by Crippen LogP contribution is 2.04. The van der Waals surface area contributed by atoms with E-state index in [4.69, 9.17) is 0 Å². The van der Waals surface area contributed by atoms with E-state index in [9.17, 15) is 0 Å². The van der Waals surface area contributed by atoms with Gasteiger partial charge >= 0.3 is 0 Å². The van der Waals surface area contributed by atoms with Crippen LogP contribution < -0.4 is 0 Å². The van der Waals surface area contributed by atoms with Gasteiger partial charge in [0.15, 0.2) is 0 Å². The maximum absolute atomic E-state index is 4.32. The minimum absolute atomic E-state index is 0.773. The molecule has 2 heteroatoms. The fourth-order valence-electron chi connectivity index (χ4n) is 1.17. The van der Waals surface area contributed by atoms with Gasteiger partial charge in [-0.15, -0.1) is 0 Å². The summed E-state index contributed by atoms with van der Waals surface area (Å²) >= 11 is 0. The molecule has 0 aliphatic rings. The van der Waals surface area contributed by atoms with Crippen LogP contribution in [0, 0.1) is 0 Å². The van der Waals surface area contributed by atoms with Gasteiger partial charge in [-0.05, 0) is 19.4 Å². The first-order chi connectivity index (χ1) is 6.72. The Morgan fingerprint density at radius 2 is 2.00 bits per heavy atom. The lowest BCUT2D eigenvalue weighted by Gasteiger charge is -2.14. The molecule has 0 unspecified atom stereocenters. The van der Waals surface area contributed by atoms with Gasteiger partial charge in [0.25, 0.3) is 0 Å². The summed E-state index contributed by atoms with van der Waals surface area (Å²) in [6, 6.07) is 10.2. The Morgan fingerprint density at radius 3 is 2.50 bits per heavy atom. The van der Waals surface area contributed by atoms with Gasteiger partial charge in [-0.1, -0.05) is 36.9 Å². The minimum Gasteiger partial charge on any atom is -0.269 e. The first-order valence-electron chi connectivity index (χ1n) is 4.67. The molecule has 0 radical (unpaired) electrons. The fourth-order valence-corrected chi connectivity index (χ4v) is 1.17. The highest BCUT2D eigenvalue weighted by atomic mass is 15.4. The van der Waals surface area contributed by atoms with Crippen LogP contribution in [0.5, 0.6) is 0 Å². The molecule has 74 valence electrons. The van der Waals surface area contributed by atoms with Gasteiger partial charge in [-0.2, -0.15) is 5.10 Å². The summed E-state index contributed by atoms with van der Waals surface area (Å²) in [5.41, 5.74) is 2.26. The van der Waals surface area contributed by atoms with E-state index >= 15 is 0 Å². The van der Waals surface area contributed by atoms with Crippen LogP contribution in [0.2, 0.25) is 0 Å². The van der Waals surface area contributed by atoms with Gasteiger partial charge in [0.1, 0.15) is 0 Å². The molecule has 0 aliphatic heterocycles. The Morgan fingerprint density at radius 1 is 1.36 bits per heavy atom. The molecule has 0 saturated heterocycles. The molecule has 1 aromatic carbocycles. The van der Waals surface area contributed by atoms with E-state index < -0.39 is 0 Å². The summed E-state index contributed by atoms with van der Waals surface area (Å²) in [7, 11) is 0. The van der Waals surface area contributed by atoms with Gasteiger partial charge in [-0.25, -0.2) is 0 Å². The molecule has 0 fully saturated rings. The lowest BCUT2D eigenvalue weighted by Crippen LogP contribution is -2.10. The Labute approximate surface area is 85.6 Å². The van der Waals surface area contributed by atoms with Crippen LogP contribution in [0.3, 0.4) is 0 Å². The molecule has 0 amide bonds. The smallest absolute Gasteiger partial charge is 0.0659 e. The SMILES string of the molecule is C=CN(Cc1ccccc1)N=C(C)C. The molecular formula is C12H16N2. The molecule has 0 bridgehead atoms. The van der Waals surface area contributed by atoms with Crippen molar-refractivity contribution in [2.45, 2.75) is 20.4 Å². The highest BCUT2D eigenvalue weighted by Gasteiger charge is 1.97. The van der Waals surface area contributed by atoms with Crippen molar-refractivity contribution < 1.29 is 0 Å². The molecule has 0 saturated carbocycles. The molecule has 1 rings (SSSR count). The van der Waals surface area contributed by atoms with Crippen LogP contribution in [-0.4, -0.2) is 10.7 Å². The van der Waals surface area contributed by atoms with Crippen molar-refractivity contribution >= 4 is 5.71 Å². The molecule has 0 spiro atoms. The van der Waals surface area contributed by atoms with Crippen molar-refractivity contribution in [3.63, 3.8) is 0 Å². The van der Waals surface area contributed by atoms with Crippen molar-refractivity contribution in [3.05, 3.63) is 48.7 Å². The zero-order chi connectivity index (χ0) is 10.4. The van der Waals surface area contributed by atoms with Crippen LogP contribution in [0.1, 0.15) is 19.4 Å². The second kappa shape index (κ2) is 5.22. The standard InChI is InChI=1S/C12H16N2/c1-4-14(13-11(2)3)10-12-8-6-5-7-9-12/h4-9H,1,10H2,2-3H3. The van der Waals surface area contributed by atoms with Gasteiger partial charge in [0, 0.05) is 11.9 Å². The molecule has 0 aromatic heterocycles. The molecular weight excluding hydrogens is 172 g/mol. The third-order valence-corrected chi connectivity index (χ3v) is 1.73. The van der Waals surface area contributed by atoms with Crippen molar-refractivity contribution in [1.82, 2.24) is 5.01 Å². The summed E-state index contributed by atoms with van der Waals surface area (Å²) < 4.78 is 0. The Kier molecular flexibility index (Phi) is 3.92. The summed E-state index contributed by atoms with van der Waals surface area (Å²) in [6.07, 6.45) is 1.74. The monoisotopic (exact) mass is 188 g/mol. The maximum atomic E-state index is 4.32. The summed E-state index contributed by atoms with van der Waals surface area (Å²) in [5.74, 6) is 0. The van der Waals surface area contributed by atoms with E-state index in [0.29, 0.717) is 0 Å². The largest absolute Gasteiger partial charge is 0.269 e. The van der Waals surface area contributed by atoms with E-state index in [0.717, 1.165) is 12.3 Å². The number of benzene rings is 1. The summed E-state index contributed by atoms with van der Waals surface area (Å²) in [6.45, 7) is 8.45. The zero-order valence-corrected chi connectivity index (χ0v) is 8.77. The third-order valence-electron chi connectivity index (χ3n) is 1.73. The number of hydrogen-bond donors (Lipinski definition) is 0. The van der Waals surface area contributed by atoms with Gasteiger partial charge in [-0.3, -0.25) is 5.01 Å². The summed E-state index contributed by atoms with van der Waals surface area (Å²) in [5, 5.41) is 6.16. The molecule has 0 N–H and O–H groups in total. The van der Waals surface area contributed by atoms with E-state index in [1.54, 1.807) is 6.20 Å². The van der Waals surface area contributed by atoms with Gasteiger partial charge in [0.2, 0.25) is 0 Å². The Hall–Kier alpha value is -1.57. The number of hydrazone groups is 1. The fraction of sp³-hybridized carbons (Fsp3) is 0.250. The normalized spacial score (nSPS) is 9.29. The second-order valence-corrected chi connectivity index (χ2v) is 3.31. The van der Waals surface area contributed by atoms with Crippen molar-refractivity contribution in [3.8, 4) is 0 Å². The van der Waals surface area contributed by atoms with E-state index in [1.807, 2.05) is 37.1 Å². The quantitative estimate of drug-likeness (QED) is 0.524. The average Bonchev–Trinajstić information content (AvgIpc) is 2.17. The maximum Gasteiger partial charge on any atom is 0.0659 e. The molecule has 14 heavy (non-hydrogen) atoms. The van der Waals surface area contributed by atoms with Gasteiger partial charge < -0.3 is 0 Å². The predicted octanol–water partition coefficient (Wildman–Crippen LogP) is 3.03. The van der Waals surface area contributed by atoms with Crippen molar-refractivity contribution in [2.24, 2.45) is 5.10 Å². The van der Waals surface area contributed by atoms with Crippen LogP contribution in [0.4, 0.5) is 0 Å². The van der Waals surface area contributed by atoms with E-state index in [1.165, 1.54) is 5.56 Å². The molecule has 1 aromatic rings.